The molecule has 4 rings (SSSR count). The first kappa shape index (κ1) is 20.2. The van der Waals surface area contributed by atoms with E-state index in [4.69, 9.17) is 0 Å². The van der Waals surface area contributed by atoms with Crippen molar-refractivity contribution in [2.45, 2.75) is 17.6 Å². The van der Waals surface area contributed by atoms with Crippen LogP contribution in [-0.4, -0.2) is 21.4 Å². The predicted molar refractivity (Wildman–Crippen MR) is 121 cm³/mol. The van der Waals surface area contributed by atoms with Crippen molar-refractivity contribution in [1.82, 2.24) is 20.4 Å². The van der Waals surface area contributed by atoms with Crippen LogP contribution < -0.4 is 10.9 Å². The van der Waals surface area contributed by atoms with Gasteiger partial charge in [0.05, 0.1) is 16.3 Å². The number of nitrogens with zero attached hydrogens (tertiary/aromatic N) is 2. The van der Waals surface area contributed by atoms with E-state index in [9.17, 15) is 9.59 Å². The Bertz CT molecular complexity index is 1210. The molecule has 0 bridgehead atoms. The van der Waals surface area contributed by atoms with Gasteiger partial charge in [0, 0.05) is 45.7 Å². The third kappa shape index (κ3) is 4.39. The molecule has 0 radical (unpaired) electrons. The van der Waals surface area contributed by atoms with Crippen molar-refractivity contribution in [2.75, 3.05) is 0 Å². The lowest BCUT2D eigenvalue weighted by Gasteiger charge is -2.07. The molecule has 0 aliphatic rings. The molecule has 2 N–H and O–H groups in total. The Morgan fingerprint density at radius 3 is 2.53 bits per heavy atom. The van der Waals surface area contributed by atoms with Crippen molar-refractivity contribution in [3.8, 4) is 0 Å². The van der Waals surface area contributed by atoms with Crippen LogP contribution >= 0.6 is 23.1 Å². The van der Waals surface area contributed by atoms with Crippen LogP contribution in [0.4, 0.5) is 0 Å². The fourth-order valence-electron chi connectivity index (χ4n) is 3.11. The van der Waals surface area contributed by atoms with Crippen LogP contribution in [0.15, 0.2) is 65.0 Å². The van der Waals surface area contributed by atoms with Crippen molar-refractivity contribution < 1.29 is 9.59 Å². The molecule has 0 aliphatic heterocycles. The van der Waals surface area contributed by atoms with E-state index in [1.54, 1.807) is 41.4 Å². The van der Waals surface area contributed by atoms with Gasteiger partial charge in [-0.05, 0) is 37.3 Å². The number of hydrogen-bond acceptors (Lipinski definition) is 5. The van der Waals surface area contributed by atoms with E-state index in [0.717, 1.165) is 32.3 Å². The van der Waals surface area contributed by atoms with Crippen LogP contribution in [0.25, 0.3) is 10.9 Å². The largest absolute Gasteiger partial charge is 0.350 e. The molecule has 0 unspecified atom stereocenters. The summed E-state index contributed by atoms with van der Waals surface area (Å²) >= 11 is 3.31. The highest BCUT2D eigenvalue weighted by molar-refractivity contribution is 7.98. The standard InChI is InChI=1S/C22H20N4O2S2/c1-14-23-16(12-29-14)13-30-17-9-7-15(8-10-17)21(27)24-25-22(28)19-11-26(2)20-6-4-3-5-18(19)20/h3-12H,13H2,1-2H3,(H,24,27)(H,25,28). The number of carbonyl (C=O) groups is 2. The molecule has 4 aromatic rings. The van der Waals surface area contributed by atoms with Gasteiger partial charge in [-0.1, -0.05) is 18.2 Å². The van der Waals surface area contributed by atoms with E-state index < -0.39 is 0 Å². The van der Waals surface area contributed by atoms with Crippen LogP contribution in [0.5, 0.6) is 0 Å². The fourth-order valence-corrected chi connectivity index (χ4v) is 4.62. The van der Waals surface area contributed by atoms with Gasteiger partial charge in [0.15, 0.2) is 0 Å². The van der Waals surface area contributed by atoms with E-state index in [1.807, 2.05) is 54.9 Å². The fraction of sp³-hybridized carbons (Fsp3) is 0.136. The molecule has 0 atom stereocenters. The molecule has 8 heteroatoms. The highest BCUT2D eigenvalue weighted by atomic mass is 32.2. The molecule has 152 valence electrons. The van der Waals surface area contributed by atoms with Gasteiger partial charge >= 0.3 is 0 Å². The molecule has 30 heavy (non-hydrogen) atoms. The number of para-hydroxylation sites is 1. The summed E-state index contributed by atoms with van der Waals surface area (Å²) in [6.07, 6.45) is 1.75. The number of thioether (sulfide) groups is 1. The summed E-state index contributed by atoms with van der Waals surface area (Å²) in [5.41, 5.74) is 7.99. The Morgan fingerprint density at radius 1 is 1.07 bits per heavy atom. The smallest absolute Gasteiger partial charge is 0.271 e. The number of rotatable bonds is 5. The predicted octanol–water partition coefficient (Wildman–Crippen LogP) is 4.31. The molecule has 2 aromatic heterocycles. The molecule has 2 heterocycles. The summed E-state index contributed by atoms with van der Waals surface area (Å²) in [6, 6.07) is 14.9. The zero-order chi connectivity index (χ0) is 21.1. The summed E-state index contributed by atoms with van der Waals surface area (Å²) < 4.78 is 1.88. The van der Waals surface area contributed by atoms with E-state index in [2.05, 4.69) is 21.2 Å². The molecule has 0 aliphatic carbocycles. The van der Waals surface area contributed by atoms with Crippen LogP contribution in [0.2, 0.25) is 0 Å². The summed E-state index contributed by atoms with van der Waals surface area (Å²) in [6.45, 7) is 1.99. The van der Waals surface area contributed by atoms with E-state index in [0.29, 0.717) is 11.1 Å². The average molecular weight is 437 g/mol. The second kappa shape index (κ2) is 8.73. The van der Waals surface area contributed by atoms with E-state index in [-0.39, 0.29) is 11.8 Å². The second-order valence-corrected chi connectivity index (χ2v) is 8.86. The minimum absolute atomic E-state index is 0.356. The van der Waals surface area contributed by atoms with Crippen LogP contribution in [-0.2, 0) is 12.8 Å². The van der Waals surface area contributed by atoms with E-state index >= 15 is 0 Å². The second-order valence-electron chi connectivity index (χ2n) is 6.75. The summed E-state index contributed by atoms with van der Waals surface area (Å²) in [7, 11) is 1.88. The number of aromatic nitrogens is 2. The molecule has 6 nitrogen and oxygen atoms in total. The molecular weight excluding hydrogens is 416 g/mol. The maximum Gasteiger partial charge on any atom is 0.271 e. The number of carbonyl (C=O) groups excluding carboxylic acids is 2. The highest BCUT2D eigenvalue weighted by Crippen LogP contribution is 2.24. The Kier molecular flexibility index (Phi) is 5.87. The maximum absolute atomic E-state index is 12.5. The molecule has 0 saturated carbocycles. The van der Waals surface area contributed by atoms with Gasteiger partial charge in [-0.3, -0.25) is 20.4 Å². The third-order valence-electron chi connectivity index (χ3n) is 4.60. The van der Waals surface area contributed by atoms with Gasteiger partial charge < -0.3 is 4.57 Å². The van der Waals surface area contributed by atoms with Crippen molar-refractivity contribution >= 4 is 45.8 Å². The van der Waals surface area contributed by atoms with Gasteiger partial charge in [-0.25, -0.2) is 4.98 Å². The van der Waals surface area contributed by atoms with Gasteiger partial charge in [0.25, 0.3) is 11.8 Å². The van der Waals surface area contributed by atoms with Crippen molar-refractivity contribution in [1.29, 1.82) is 0 Å². The average Bonchev–Trinajstić information content (AvgIpc) is 3.34. The van der Waals surface area contributed by atoms with Gasteiger partial charge in [-0.15, -0.1) is 23.1 Å². The lowest BCUT2D eigenvalue weighted by molar-refractivity contribution is 0.0847. The van der Waals surface area contributed by atoms with Gasteiger partial charge in [0.2, 0.25) is 0 Å². The molecule has 0 fully saturated rings. The molecule has 0 saturated heterocycles. The van der Waals surface area contributed by atoms with Crippen LogP contribution in [0.3, 0.4) is 0 Å². The number of fused-ring (bicyclic) bond motifs is 1. The Balaban J connectivity index is 1.35. The summed E-state index contributed by atoms with van der Waals surface area (Å²) in [5, 5.41) is 3.95. The maximum atomic E-state index is 12.5. The normalized spacial score (nSPS) is 10.9. The monoisotopic (exact) mass is 436 g/mol. The van der Waals surface area contributed by atoms with Crippen molar-refractivity contribution in [2.24, 2.45) is 7.05 Å². The van der Waals surface area contributed by atoms with Crippen LogP contribution in [0, 0.1) is 6.92 Å². The Labute approximate surface area is 182 Å². The quantitative estimate of drug-likeness (QED) is 0.361. The minimum Gasteiger partial charge on any atom is -0.350 e. The molecule has 2 amide bonds. The number of amides is 2. The number of nitrogens with one attached hydrogen (secondary N) is 2. The zero-order valence-electron chi connectivity index (χ0n) is 16.5. The van der Waals surface area contributed by atoms with E-state index in [1.165, 1.54) is 0 Å². The van der Waals surface area contributed by atoms with Crippen LogP contribution in [0.1, 0.15) is 31.4 Å². The van der Waals surface area contributed by atoms with Crippen molar-refractivity contribution in [3.63, 3.8) is 0 Å². The molecule has 0 spiro atoms. The first-order valence-electron chi connectivity index (χ1n) is 9.30. The molecule has 2 aromatic carbocycles. The third-order valence-corrected chi connectivity index (χ3v) is 6.47. The SMILES string of the molecule is Cc1nc(CSc2ccc(C(=O)NNC(=O)c3cn(C)c4ccccc34)cc2)cs1. The number of benzene rings is 2. The van der Waals surface area contributed by atoms with Gasteiger partial charge in [-0.2, -0.15) is 0 Å². The topological polar surface area (TPSA) is 76.0 Å². The number of thiazole rings is 1. The number of hydrogen-bond donors (Lipinski definition) is 2. The van der Waals surface area contributed by atoms with Crippen molar-refractivity contribution in [3.05, 3.63) is 81.9 Å². The zero-order valence-corrected chi connectivity index (χ0v) is 18.1. The first-order valence-corrected chi connectivity index (χ1v) is 11.2. The number of aryl methyl sites for hydroxylation is 2. The summed E-state index contributed by atoms with van der Waals surface area (Å²) in [4.78, 5) is 30.4. The van der Waals surface area contributed by atoms with Gasteiger partial charge in [0.1, 0.15) is 0 Å². The summed E-state index contributed by atoms with van der Waals surface area (Å²) in [5.74, 6) is 0.0675. The lowest BCUT2D eigenvalue weighted by Crippen LogP contribution is -2.41. The Hall–Kier alpha value is -3.10. The minimum atomic E-state index is -0.365. The number of hydrazine groups is 1. The Morgan fingerprint density at radius 2 is 1.80 bits per heavy atom. The lowest BCUT2D eigenvalue weighted by atomic mass is 10.2. The highest BCUT2D eigenvalue weighted by Gasteiger charge is 2.14. The first-order chi connectivity index (χ1) is 14.5. The molecular formula is C22H20N4O2S2.